The van der Waals surface area contributed by atoms with Crippen molar-refractivity contribution in [3.63, 3.8) is 0 Å². The van der Waals surface area contributed by atoms with E-state index in [4.69, 9.17) is 5.26 Å². The molecule has 0 aliphatic heterocycles. The van der Waals surface area contributed by atoms with E-state index in [1.807, 2.05) is 24.3 Å². The summed E-state index contributed by atoms with van der Waals surface area (Å²) in [5.74, 6) is 0.133. The molecule has 0 amide bonds. The van der Waals surface area contributed by atoms with Gasteiger partial charge in [-0.05, 0) is 12.1 Å². The third-order valence-corrected chi connectivity index (χ3v) is 1.30. The molecule has 0 fully saturated rings. The van der Waals surface area contributed by atoms with E-state index >= 15 is 0 Å². The van der Waals surface area contributed by atoms with Gasteiger partial charge in [-0.3, -0.25) is 4.84 Å². The summed E-state index contributed by atoms with van der Waals surface area (Å²) in [5, 5.41) is 8.60. The molecule has 0 bridgehead atoms. The van der Waals surface area contributed by atoms with Crippen molar-refractivity contribution in [3.05, 3.63) is 30.3 Å². The molecule has 4 nitrogen and oxygen atoms in total. The summed E-state index contributed by atoms with van der Waals surface area (Å²) < 4.78 is 0. The van der Waals surface area contributed by atoms with E-state index in [0.717, 1.165) is 0 Å². The molecule has 0 saturated carbocycles. The van der Waals surface area contributed by atoms with Crippen molar-refractivity contribution in [1.29, 1.82) is 5.26 Å². The van der Waals surface area contributed by atoms with Crippen molar-refractivity contribution in [2.45, 2.75) is 0 Å². The SMILES string of the molecule is CONC(C#N)=Nc1ccccc1. The molecule has 1 aromatic carbocycles. The number of benzene rings is 1. The zero-order valence-corrected chi connectivity index (χ0v) is 7.19. The lowest BCUT2D eigenvalue weighted by molar-refractivity contribution is 0.145. The minimum absolute atomic E-state index is 0.133. The molecule has 0 aromatic heterocycles. The van der Waals surface area contributed by atoms with Gasteiger partial charge in [-0.15, -0.1) is 0 Å². The Morgan fingerprint density at radius 2 is 2.15 bits per heavy atom. The number of rotatable bonds is 2. The second-order valence-electron chi connectivity index (χ2n) is 2.21. The van der Waals surface area contributed by atoms with Crippen LogP contribution in [0.1, 0.15) is 0 Å². The highest BCUT2D eigenvalue weighted by molar-refractivity contribution is 5.97. The van der Waals surface area contributed by atoms with Crippen molar-refractivity contribution in [2.24, 2.45) is 4.99 Å². The summed E-state index contributed by atoms with van der Waals surface area (Å²) in [6.07, 6.45) is 0. The molecule has 1 N–H and O–H groups in total. The van der Waals surface area contributed by atoms with E-state index in [2.05, 4.69) is 15.3 Å². The number of hydroxylamine groups is 1. The summed E-state index contributed by atoms with van der Waals surface area (Å²) in [4.78, 5) is 8.55. The normalized spacial score (nSPS) is 10.6. The molecule has 0 aliphatic carbocycles. The molecule has 0 saturated heterocycles. The zero-order chi connectivity index (χ0) is 9.52. The van der Waals surface area contributed by atoms with Gasteiger partial charge in [-0.25, -0.2) is 10.5 Å². The van der Waals surface area contributed by atoms with E-state index < -0.39 is 0 Å². The van der Waals surface area contributed by atoms with Crippen molar-refractivity contribution < 1.29 is 4.84 Å². The van der Waals surface area contributed by atoms with Crippen molar-refractivity contribution in [2.75, 3.05) is 7.11 Å². The predicted octanol–water partition coefficient (Wildman–Crippen LogP) is 1.39. The molecule has 1 aromatic rings. The van der Waals surface area contributed by atoms with E-state index in [9.17, 15) is 0 Å². The standard InChI is InChI=1S/C9H9N3O/c1-13-12-9(7-10)11-8-5-3-2-4-6-8/h2-6H,1H3,(H,11,12). The first-order valence-corrected chi connectivity index (χ1v) is 3.69. The lowest BCUT2D eigenvalue weighted by Gasteiger charge is -1.98. The van der Waals surface area contributed by atoms with Crippen LogP contribution in [0.5, 0.6) is 0 Å². The molecular weight excluding hydrogens is 166 g/mol. The van der Waals surface area contributed by atoms with Gasteiger partial charge in [0.15, 0.2) is 0 Å². The van der Waals surface area contributed by atoms with Crippen LogP contribution in [0.15, 0.2) is 35.3 Å². The number of nitriles is 1. The first kappa shape index (κ1) is 9.23. The summed E-state index contributed by atoms with van der Waals surface area (Å²) in [7, 11) is 1.43. The minimum atomic E-state index is 0.133. The quantitative estimate of drug-likeness (QED) is 0.420. The third-order valence-electron chi connectivity index (χ3n) is 1.30. The van der Waals surface area contributed by atoms with Crippen LogP contribution in [-0.2, 0) is 4.84 Å². The Kier molecular flexibility index (Phi) is 3.48. The number of aliphatic imine (C=N–C) groups is 1. The average molecular weight is 175 g/mol. The van der Waals surface area contributed by atoms with Crippen molar-refractivity contribution >= 4 is 11.5 Å². The highest BCUT2D eigenvalue weighted by atomic mass is 16.6. The number of para-hydroxylation sites is 1. The Morgan fingerprint density at radius 1 is 1.46 bits per heavy atom. The number of nitrogens with one attached hydrogen (secondary N) is 1. The monoisotopic (exact) mass is 175 g/mol. The lowest BCUT2D eigenvalue weighted by atomic mass is 10.3. The van der Waals surface area contributed by atoms with E-state index in [-0.39, 0.29) is 5.84 Å². The predicted molar refractivity (Wildman–Crippen MR) is 49.3 cm³/mol. The minimum Gasteiger partial charge on any atom is -0.277 e. The Hall–Kier alpha value is -1.86. The van der Waals surface area contributed by atoms with E-state index in [1.165, 1.54) is 7.11 Å². The lowest BCUT2D eigenvalue weighted by Crippen LogP contribution is -2.19. The first-order valence-electron chi connectivity index (χ1n) is 3.69. The highest BCUT2D eigenvalue weighted by Crippen LogP contribution is 2.09. The maximum Gasteiger partial charge on any atom is 0.230 e. The van der Waals surface area contributed by atoms with Gasteiger partial charge in [0.2, 0.25) is 5.84 Å². The molecule has 1 rings (SSSR count). The molecule has 0 aliphatic rings. The molecule has 13 heavy (non-hydrogen) atoms. The molecule has 0 unspecified atom stereocenters. The summed E-state index contributed by atoms with van der Waals surface area (Å²) in [6, 6.07) is 11.0. The molecule has 0 radical (unpaired) electrons. The van der Waals surface area contributed by atoms with E-state index in [0.29, 0.717) is 5.69 Å². The number of amidine groups is 1. The van der Waals surface area contributed by atoms with Crippen LogP contribution < -0.4 is 5.48 Å². The number of hydrogen-bond acceptors (Lipinski definition) is 3. The fourth-order valence-corrected chi connectivity index (χ4v) is 0.799. The second kappa shape index (κ2) is 4.91. The third kappa shape index (κ3) is 2.93. The van der Waals surface area contributed by atoms with Crippen LogP contribution in [0.2, 0.25) is 0 Å². The van der Waals surface area contributed by atoms with Crippen molar-refractivity contribution in [3.8, 4) is 6.07 Å². The molecule has 66 valence electrons. The van der Waals surface area contributed by atoms with Crippen LogP contribution in [0.25, 0.3) is 0 Å². The Balaban J connectivity index is 2.81. The first-order chi connectivity index (χ1) is 6.36. The Labute approximate surface area is 76.4 Å². The smallest absolute Gasteiger partial charge is 0.230 e. The van der Waals surface area contributed by atoms with E-state index in [1.54, 1.807) is 12.1 Å². The summed E-state index contributed by atoms with van der Waals surface area (Å²) >= 11 is 0. The van der Waals surface area contributed by atoms with Gasteiger partial charge in [0.25, 0.3) is 0 Å². The van der Waals surface area contributed by atoms with Crippen LogP contribution in [-0.4, -0.2) is 12.9 Å². The fraction of sp³-hybridized carbons (Fsp3) is 0.111. The fourth-order valence-electron chi connectivity index (χ4n) is 0.799. The Morgan fingerprint density at radius 3 is 2.69 bits per heavy atom. The van der Waals surface area contributed by atoms with Gasteiger partial charge in [-0.2, -0.15) is 5.26 Å². The van der Waals surface area contributed by atoms with Crippen molar-refractivity contribution in [1.82, 2.24) is 5.48 Å². The van der Waals surface area contributed by atoms with Crippen LogP contribution >= 0.6 is 0 Å². The topological polar surface area (TPSA) is 57.4 Å². The summed E-state index contributed by atoms with van der Waals surface area (Å²) in [5.41, 5.74) is 3.08. The molecule has 0 spiro atoms. The Bertz CT molecular complexity index is 326. The van der Waals surface area contributed by atoms with Gasteiger partial charge >= 0.3 is 0 Å². The van der Waals surface area contributed by atoms with Gasteiger partial charge in [0.1, 0.15) is 6.07 Å². The molecule has 0 atom stereocenters. The second-order valence-corrected chi connectivity index (χ2v) is 2.21. The van der Waals surface area contributed by atoms with Crippen LogP contribution in [0.3, 0.4) is 0 Å². The van der Waals surface area contributed by atoms with Gasteiger partial charge in [-0.1, -0.05) is 18.2 Å². The summed E-state index contributed by atoms with van der Waals surface area (Å²) in [6.45, 7) is 0. The molecule has 0 heterocycles. The number of nitrogens with zero attached hydrogens (tertiary/aromatic N) is 2. The molecule has 4 heteroatoms. The van der Waals surface area contributed by atoms with Crippen LogP contribution in [0.4, 0.5) is 5.69 Å². The van der Waals surface area contributed by atoms with Gasteiger partial charge in [0, 0.05) is 0 Å². The van der Waals surface area contributed by atoms with Gasteiger partial charge in [0.05, 0.1) is 12.8 Å². The van der Waals surface area contributed by atoms with Gasteiger partial charge < -0.3 is 0 Å². The number of hydrogen-bond donors (Lipinski definition) is 1. The maximum absolute atomic E-state index is 8.60. The highest BCUT2D eigenvalue weighted by Gasteiger charge is 1.94. The maximum atomic E-state index is 8.60. The largest absolute Gasteiger partial charge is 0.277 e. The van der Waals surface area contributed by atoms with Crippen LogP contribution in [0, 0.1) is 11.3 Å². The average Bonchev–Trinajstić information content (AvgIpc) is 2.19. The zero-order valence-electron chi connectivity index (χ0n) is 7.19. The molecular formula is C9H9N3O.